The largest absolute Gasteiger partial charge is 0.535 e. The van der Waals surface area contributed by atoms with Gasteiger partial charge in [-0.3, -0.25) is 0 Å². The van der Waals surface area contributed by atoms with Crippen LogP contribution in [0.1, 0.15) is 0 Å². The van der Waals surface area contributed by atoms with Gasteiger partial charge in [0.15, 0.2) is 0 Å². The Kier molecular flexibility index (Phi) is 6.29. The molecule has 0 aromatic carbocycles. The Hall–Kier alpha value is -0.790. The van der Waals surface area contributed by atoms with E-state index in [4.69, 9.17) is 21.8 Å². The van der Waals surface area contributed by atoms with Crippen LogP contribution in [0.4, 0.5) is 0 Å². The van der Waals surface area contributed by atoms with Crippen molar-refractivity contribution in [2.75, 3.05) is 5.88 Å². The topological polar surface area (TPSA) is 40.5 Å². The standard InChI is InChI=1S/C2H4ClO2.Rf/c3-1-2(4)5;/h4-5H,1H2;/q-1;. The monoisotopic (exact) mass is 362 g/mol. The van der Waals surface area contributed by atoms with E-state index in [0.717, 1.165) is 0 Å². The first-order chi connectivity index (χ1) is 2.27. The zero-order valence-corrected chi connectivity index (χ0v) is 10.3. The van der Waals surface area contributed by atoms with Crippen LogP contribution in [-0.4, -0.2) is 16.1 Å². The molecule has 0 aromatic heterocycles. The summed E-state index contributed by atoms with van der Waals surface area (Å²) in [5.41, 5.74) is 0. The second-order valence-electron chi connectivity index (χ2n) is 0.550. The van der Waals surface area contributed by atoms with Crippen LogP contribution in [-0.2, 0) is 0 Å². The van der Waals surface area contributed by atoms with Crippen LogP contribution in [0.15, 0.2) is 0 Å². The van der Waals surface area contributed by atoms with Gasteiger partial charge in [-0.15, -0.1) is 0 Å². The molecule has 0 amide bonds. The van der Waals surface area contributed by atoms with Crippen LogP contribution in [0.3, 0.4) is 0 Å². The van der Waals surface area contributed by atoms with Gasteiger partial charge in [0.2, 0.25) is 0 Å². The van der Waals surface area contributed by atoms with E-state index in [1.54, 1.807) is 0 Å². The van der Waals surface area contributed by atoms with Gasteiger partial charge < -0.3 is 10.2 Å². The minimum atomic E-state index is -0.730. The summed E-state index contributed by atoms with van der Waals surface area (Å²) in [4.78, 5) is 0. The number of aliphatic hydroxyl groups is 2. The molecule has 0 aromatic rings. The molecule has 0 saturated heterocycles. The van der Waals surface area contributed by atoms with E-state index in [2.05, 4.69) is 0 Å². The van der Waals surface area contributed by atoms with Crippen LogP contribution in [0.5, 0.6) is 0 Å². The molecule has 0 saturated carbocycles. The third kappa shape index (κ3) is 10.7. The van der Waals surface area contributed by atoms with Gasteiger partial charge in [-0.1, -0.05) is 12.2 Å². The first kappa shape index (κ1) is 8.96. The molecule has 6 heavy (non-hydrogen) atoms. The summed E-state index contributed by atoms with van der Waals surface area (Å²) >= 11 is 4.80. The Balaban J connectivity index is 0. The van der Waals surface area contributed by atoms with Crippen molar-refractivity contribution in [2.24, 2.45) is 0 Å². The molecule has 0 aliphatic rings. The molecule has 0 aliphatic heterocycles. The molecule has 0 atom stereocenters. The summed E-state index contributed by atoms with van der Waals surface area (Å²) in [6, 6.07) is 0. The second kappa shape index (κ2) is 4.21. The van der Waals surface area contributed by atoms with E-state index in [0.29, 0.717) is 0 Å². The molecule has 0 rings (SSSR count). The van der Waals surface area contributed by atoms with Gasteiger partial charge in [-0.25, -0.2) is 0 Å². The molecular formula is C2H4ClO2Rf-. The maximum Gasteiger partial charge on any atom is 0 e. The zero-order chi connectivity index (χ0) is 4.28. The van der Waals surface area contributed by atoms with Crippen LogP contribution in [0, 0.1) is 6.29 Å². The predicted molar refractivity (Wildman–Crippen MR) is 17.8 cm³/mol. The Morgan fingerprint density at radius 2 is 1.67 bits per heavy atom. The molecule has 2 nitrogen and oxygen atoms in total. The van der Waals surface area contributed by atoms with Gasteiger partial charge in [0, 0.05) is 0 Å². The van der Waals surface area contributed by atoms with Crippen molar-refractivity contribution in [3.63, 3.8) is 0 Å². The number of halogens is 1. The van der Waals surface area contributed by atoms with Crippen molar-refractivity contribution in [2.45, 2.75) is 0 Å². The number of rotatable bonds is 1. The molecule has 0 spiro atoms. The molecule has 0 heterocycles. The van der Waals surface area contributed by atoms with Gasteiger partial charge in [0.05, 0.1) is 0 Å². The number of hydrogen-bond acceptors (Lipinski definition) is 2. The third-order valence-electron chi connectivity index (χ3n) is 0.120. The minimum Gasteiger partial charge on any atom is -0.535 e. The van der Waals surface area contributed by atoms with Crippen molar-refractivity contribution in [1.82, 2.24) is 0 Å². The fourth-order valence-electron chi connectivity index (χ4n) is 0. The van der Waals surface area contributed by atoms with Gasteiger partial charge in [0.1, 0.15) is 0 Å². The average molecular weight is 363 g/mol. The maximum absolute atomic E-state index is 7.70. The summed E-state index contributed by atoms with van der Waals surface area (Å²) in [5.74, 6) is -0.194. The SMILES string of the molecule is O[C-](O)CCl.[Rf]. The van der Waals surface area contributed by atoms with Crippen molar-refractivity contribution in [3.05, 3.63) is 6.29 Å². The Morgan fingerprint density at radius 3 is 1.67 bits per heavy atom. The van der Waals surface area contributed by atoms with Gasteiger partial charge >= 0.3 is 0 Å². The van der Waals surface area contributed by atoms with Gasteiger partial charge in [-0.05, 0) is 0 Å². The fraction of sp³-hybridized carbons (Fsp3) is 0.500. The molecule has 0 bridgehead atoms. The zero-order valence-electron chi connectivity index (χ0n) is 3.19. The summed E-state index contributed by atoms with van der Waals surface area (Å²) in [6.45, 7) is 0. The molecular weight excluding hydrogens is 358 g/mol. The summed E-state index contributed by atoms with van der Waals surface area (Å²) < 4.78 is 0. The van der Waals surface area contributed by atoms with Crippen molar-refractivity contribution < 1.29 is 10.2 Å². The summed E-state index contributed by atoms with van der Waals surface area (Å²) in [7, 11) is 0. The average Bonchev–Trinajstić information content (AvgIpc) is 1.38. The molecule has 0 fully saturated rings. The van der Waals surface area contributed by atoms with E-state index in [1.165, 1.54) is 0 Å². The third-order valence-corrected chi connectivity index (χ3v) is 0.359. The molecule has 0 unspecified atom stereocenters. The Labute approximate surface area is 35.0 Å². The van der Waals surface area contributed by atoms with Crippen molar-refractivity contribution in [1.29, 1.82) is 0 Å². The van der Waals surface area contributed by atoms with E-state index in [9.17, 15) is 0 Å². The molecule has 4 heteroatoms. The van der Waals surface area contributed by atoms with E-state index >= 15 is 0 Å². The molecule has 0 aliphatic carbocycles. The maximum atomic E-state index is 7.70. The quantitative estimate of drug-likeness (QED) is 0.526. The molecule has 34 valence electrons. The first-order valence-electron chi connectivity index (χ1n) is 1.07. The second-order valence-corrected chi connectivity index (χ2v) is 0.817. The smallest absolute Gasteiger partial charge is 0 e. The van der Waals surface area contributed by atoms with Gasteiger partial charge in [0.25, 0.3) is 0 Å². The van der Waals surface area contributed by atoms with Crippen LogP contribution < -0.4 is 0 Å². The van der Waals surface area contributed by atoms with E-state index in [1.807, 2.05) is 0 Å². The number of hydrogen-bond donors (Lipinski definition) is 2. The molecule has 0 radical (unpaired) electrons. The first-order valence-corrected chi connectivity index (χ1v) is 1.60. The molecule has 2 N–H and O–H groups in total. The van der Waals surface area contributed by atoms with E-state index in [-0.39, 0.29) is 5.88 Å². The summed E-state index contributed by atoms with van der Waals surface area (Å²) in [5, 5.41) is 15.4. The van der Waals surface area contributed by atoms with Crippen LogP contribution in [0.25, 0.3) is 0 Å². The number of alkyl halides is 1. The Bertz CT molecular complexity index is 25.5. The van der Waals surface area contributed by atoms with Gasteiger partial charge in [-0.2, -0.15) is 11.6 Å². The van der Waals surface area contributed by atoms with Crippen LogP contribution >= 0.6 is 11.6 Å². The fourth-order valence-corrected chi connectivity index (χ4v) is 0. The number of aliphatic hydroxyl groups excluding tert-OH is 1. The minimum absolute atomic E-state index is 0. The summed E-state index contributed by atoms with van der Waals surface area (Å²) in [6.07, 6.45) is -0.730. The van der Waals surface area contributed by atoms with Crippen LogP contribution in [0.2, 0.25) is 0 Å². The van der Waals surface area contributed by atoms with Crippen molar-refractivity contribution >= 4 is 11.6 Å². The predicted octanol–water partition coefficient (Wildman–Crippen LogP) is 0.460. The normalized spacial score (nSPS) is 8.00. The van der Waals surface area contributed by atoms with E-state index < -0.39 is 6.29 Å². The van der Waals surface area contributed by atoms with Crippen molar-refractivity contribution in [3.8, 4) is 0 Å². The Morgan fingerprint density at radius 1 is 1.50 bits per heavy atom.